The smallest absolute Gasteiger partial charge is 0.310 e. The number of benzene rings is 1. The molecule has 5 heteroatoms. The fraction of sp³-hybridized carbons (Fsp3) is 0.429. The van der Waals surface area contributed by atoms with Gasteiger partial charge in [-0.1, -0.05) is 19.1 Å². The van der Waals surface area contributed by atoms with E-state index in [4.69, 9.17) is 0 Å². The highest BCUT2D eigenvalue weighted by Crippen LogP contribution is 2.18. The van der Waals surface area contributed by atoms with Crippen LogP contribution in [0.1, 0.15) is 24.2 Å². The SMILES string of the molecule is CCN(CC(C)C(=O)OC)C(=O)c1ccccc1Br. The summed E-state index contributed by atoms with van der Waals surface area (Å²) in [5.74, 6) is -0.736. The maximum atomic E-state index is 12.4. The number of rotatable bonds is 5. The Balaban J connectivity index is 2.83. The van der Waals surface area contributed by atoms with E-state index in [1.807, 2.05) is 25.1 Å². The number of hydrogen-bond acceptors (Lipinski definition) is 3. The molecule has 1 aromatic rings. The summed E-state index contributed by atoms with van der Waals surface area (Å²) in [5.41, 5.74) is 0.599. The molecule has 0 bridgehead atoms. The lowest BCUT2D eigenvalue weighted by Crippen LogP contribution is -2.37. The van der Waals surface area contributed by atoms with Gasteiger partial charge in [-0.2, -0.15) is 0 Å². The van der Waals surface area contributed by atoms with Gasteiger partial charge in [-0.15, -0.1) is 0 Å². The van der Waals surface area contributed by atoms with Crippen LogP contribution in [0.15, 0.2) is 28.7 Å². The number of esters is 1. The predicted molar refractivity (Wildman–Crippen MR) is 76.9 cm³/mol. The zero-order chi connectivity index (χ0) is 14.4. The number of halogens is 1. The summed E-state index contributed by atoms with van der Waals surface area (Å²) < 4.78 is 5.43. The fourth-order valence-corrected chi connectivity index (χ4v) is 2.22. The molecule has 1 aromatic carbocycles. The van der Waals surface area contributed by atoms with Crippen molar-refractivity contribution in [3.05, 3.63) is 34.3 Å². The van der Waals surface area contributed by atoms with Gasteiger partial charge in [0.15, 0.2) is 0 Å². The lowest BCUT2D eigenvalue weighted by atomic mass is 10.1. The number of carbonyl (C=O) groups excluding carboxylic acids is 2. The Morgan fingerprint density at radius 2 is 2.00 bits per heavy atom. The largest absolute Gasteiger partial charge is 0.469 e. The maximum absolute atomic E-state index is 12.4. The molecule has 0 N–H and O–H groups in total. The van der Waals surface area contributed by atoms with E-state index in [0.717, 1.165) is 4.47 Å². The van der Waals surface area contributed by atoms with Crippen LogP contribution in [0, 0.1) is 5.92 Å². The number of carbonyl (C=O) groups is 2. The average molecular weight is 328 g/mol. The van der Waals surface area contributed by atoms with Crippen molar-refractivity contribution in [2.45, 2.75) is 13.8 Å². The van der Waals surface area contributed by atoms with Crippen LogP contribution >= 0.6 is 15.9 Å². The quantitative estimate of drug-likeness (QED) is 0.781. The van der Waals surface area contributed by atoms with Crippen LogP contribution in [0.3, 0.4) is 0 Å². The van der Waals surface area contributed by atoms with E-state index in [0.29, 0.717) is 18.7 Å². The Kier molecular flexibility index (Phi) is 6.02. The summed E-state index contributed by atoms with van der Waals surface area (Å²) in [7, 11) is 1.35. The minimum absolute atomic E-state index is 0.0919. The van der Waals surface area contributed by atoms with Crippen molar-refractivity contribution >= 4 is 27.8 Å². The van der Waals surface area contributed by atoms with Crippen molar-refractivity contribution in [3.8, 4) is 0 Å². The lowest BCUT2D eigenvalue weighted by Gasteiger charge is -2.24. The standard InChI is InChI=1S/C14H18BrNO3/c1-4-16(9-10(2)14(18)19-3)13(17)11-7-5-6-8-12(11)15/h5-8,10H,4,9H2,1-3H3. The van der Waals surface area contributed by atoms with Gasteiger partial charge in [0.05, 0.1) is 18.6 Å². The Labute approximate surface area is 121 Å². The monoisotopic (exact) mass is 327 g/mol. The van der Waals surface area contributed by atoms with Gasteiger partial charge in [0.2, 0.25) is 0 Å². The molecule has 0 saturated heterocycles. The van der Waals surface area contributed by atoms with E-state index >= 15 is 0 Å². The van der Waals surface area contributed by atoms with Crippen molar-refractivity contribution in [1.82, 2.24) is 4.90 Å². The van der Waals surface area contributed by atoms with Crippen molar-refractivity contribution in [3.63, 3.8) is 0 Å². The molecule has 0 heterocycles. The number of methoxy groups -OCH3 is 1. The van der Waals surface area contributed by atoms with Crippen LogP contribution in [-0.2, 0) is 9.53 Å². The second kappa shape index (κ2) is 7.28. The highest BCUT2D eigenvalue weighted by Gasteiger charge is 2.22. The van der Waals surface area contributed by atoms with Crippen LogP contribution in [0.4, 0.5) is 0 Å². The summed E-state index contributed by atoms with van der Waals surface area (Å²) in [5, 5.41) is 0. The van der Waals surface area contributed by atoms with E-state index < -0.39 is 0 Å². The van der Waals surface area contributed by atoms with Gasteiger partial charge in [0, 0.05) is 17.6 Å². The lowest BCUT2D eigenvalue weighted by molar-refractivity contribution is -0.145. The van der Waals surface area contributed by atoms with Gasteiger partial charge in [0.25, 0.3) is 5.91 Å². The molecule has 1 amide bonds. The first-order valence-corrected chi connectivity index (χ1v) is 6.92. The minimum Gasteiger partial charge on any atom is -0.469 e. The maximum Gasteiger partial charge on any atom is 0.310 e. The molecule has 0 radical (unpaired) electrons. The number of nitrogens with zero attached hydrogens (tertiary/aromatic N) is 1. The average Bonchev–Trinajstić information content (AvgIpc) is 2.43. The molecule has 4 nitrogen and oxygen atoms in total. The van der Waals surface area contributed by atoms with Crippen LogP contribution in [0.2, 0.25) is 0 Å². The number of amides is 1. The van der Waals surface area contributed by atoms with Crippen molar-refractivity contribution < 1.29 is 14.3 Å². The Morgan fingerprint density at radius 3 is 2.53 bits per heavy atom. The van der Waals surface area contributed by atoms with Gasteiger partial charge in [0.1, 0.15) is 0 Å². The molecular formula is C14H18BrNO3. The van der Waals surface area contributed by atoms with Crippen LogP contribution in [0.5, 0.6) is 0 Å². The van der Waals surface area contributed by atoms with Crippen LogP contribution < -0.4 is 0 Å². The van der Waals surface area contributed by atoms with E-state index in [1.165, 1.54) is 7.11 Å². The molecule has 0 aliphatic carbocycles. The molecule has 0 aliphatic rings. The third kappa shape index (κ3) is 4.06. The molecule has 1 unspecified atom stereocenters. The third-order valence-corrected chi connectivity index (χ3v) is 3.56. The summed E-state index contributed by atoms with van der Waals surface area (Å²) in [4.78, 5) is 25.4. The summed E-state index contributed by atoms with van der Waals surface area (Å²) >= 11 is 3.36. The summed E-state index contributed by atoms with van der Waals surface area (Å²) in [6, 6.07) is 7.26. The van der Waals surface area contributed by atoms with Gasteiger partial charge in [-0.25, -0.2) is 0 Å². The Morgan fingerprint density at radius 1 is 1.37 bits per heavy atom. The molecule has 0 fully saturated rings. The predicted octanol–water partition coefficient (Wildman–Crippen LogP) is 2.72. The first kappa shape index (κ1) is 15.7. The van der Waals surface area contributed by atoms with E-state index in [2.05, 4.69) is 20.7 Å². The van der Waals surface area contributed by atoms with Gasteiger partial charge in [-0.3, -0.25) is 9.59 Å². The normalized spacial score (nSPS) is 11.8. The topological polar surface area (TPSA) is 46.6 Å². The van der Waals surface area contributed by atoms with Crippen LogP contribution in [-0.4, -0.2) is 37.0 Å². The van der Waals surface area contributed by atoms with Gasteiger partial charge >= 0.3 is 5.97 Å². The first-order chi connectivity index (χ1) is 9.01. The Bertz CT molecular complexity index is 462. The zero-order valence-corrected chi connectivity index (χ0v) is 12.9. The van der Waals surface area contributed by atoms with Gasteiger partial charge in [-0.05, 0) is 35.0 Å². The Hall–Kier alpha value is -1.36. The van der Waals surface area contributed by atoms with Crippen LogP contribution in [0.25, 0.3) is 0 Å². The molecule has 0 aromatic heterocycles. The van der Waals surface area contributed by atoms with E-state index in [9.17, 15) is 9.59 Å². The number of hydrogen-bond donors (Lipinski definition) is 0. The summed E-state index contributed by atoms with van der Waals surface area (Å²) in [6.07, 6.45) is 0. The molecule has 0 saturated carbocycles. The highest BCUT2D eigenvalue weighted by atomic mass is 79.9. The van der Waals surface area contributed by atoms with Crippen molar-refractivity contribution in [2.75, 3.05) is 20.2 Å². The fourth-order valence-electron chi connectivity index (χ4n) is 1.77. The second-order valence-corrected chi connectivity index (χ2v) is 5.10. The second-order valence-electron chi connectivity index (χ2n) is 4.25. The van der Waals surface area contributed by atoms with Crippen molar-refractivity contribution in [1.29, 1.82) is 0 Å². The molecule has 1 rings (SSSR count). The molecule has 1 atom stereocenters. The summed E-state index contributed by atoms with van der Waals surface area (Å²) in [6.45, 7) is 4.53. The first-order valence-electron chi connectivity index (χ1n) is 6.12. The number of ether oxygens (including phenoxy) is 1. The molecule has 0 spiro atoms. The van der Waals surface area contributed by atoms with E-state index in [1.54, 1.807) is 17.9 Å². The minimum atomic E-state index is -0.337. The highest BCUT2D eigenvalue weighted by molar-refractivity contribution is 9.10. The molecule has 19 heavy (non-hydrogen) atoms. The molecular weight excluding hydrogens is 310 g/mol. The molecule has 0 aliphatic heterocycles. The molecule has 104 valence electrons. The van der Waals surface area contributed by atoms with Gasteiger partial charge < -0.3 is 9.64 Å². The zero-order valence-electron chi connectivity index (χ0n) is 11.4. The third-order valence-electron chi connectivity index (χ3n) is 2.87. The van der Waals surface area contributed by atoms with Crippen molar-refractivity contribution in [2.24, 2.45) is 5.92 Å². The van der Waals surface area contributed by atoms with E-state index in [-0.39, 0.29) is 17.8 Å².